The van der Waals surface area contributed by atoms with Gasteiger partial charge in [-0.3, -0.25) is 4.79 Å². The normalized spacial score (nSPS) is 17.7. The molecule has 1 aliphatic carbocycles. The van der Waals surface area contributed by atoms with Gasteiger partial charge >= 0.3 is 0 Å². The van der Waals surface area contributed by atoms with E-state index in [2.05, 4.69) is 5.32 Å². The molecule has 1 rings (SSSR count). The Bertz CT molecular complexity index is 198. The minimum atomic E-state index is -0.228. The van der Waals surface area contributed by atoms with E-state index >= 15 is 0 Å². The van der Waals surface area contributed by atoms with E-state index in [-0.39, 0.29) is 11.9 Å². The highest BCUT2D eigenvalue weighted by Gasteiger charge is 2.26. The summed E-state index contributed by atoms with van der Waals surface area (Å²) >= 11 is 1.80. The third-order valence-electron chi connectivity index (χ3n) is 2.34. The number of primary amides is 1. The third-order valence-corrected chi connectivity index (χ3v) is 3.32. The van der Waals surface area contributed by atoms with Crippen molar-refractivity contribution < 1.29 is 9.53 Å². The highest BCUT2D eigenvalue weighted by Crippen LogP contribution is 2.20. The average Bonchev–Trinajstić information content (AvgIpc) is 2.99. The molecule has 0 radical (unpaired) electrons. The fourth-order valence-corrected chi connectivity index (χ4v) is 2.18. The summed E-state index contributed by atoms with van der Waals surface area (Å²) in [5.41, 5.74) is 5.32. The van der Waals surface area contributed by atoms with Gasteiger partial charge in [-0.15, -0.1) is 0 Å². The van der Waals surface area contributed by atoms with E-state index < -0.39 is 0 Å². The third kappa shape index (κ3) is 6.02. The van der Waals surface area contributed by atoms with Crippen LogP contribution in [0.4, 0.5) is 0 Å². The average molecular weight is 232 g/mol. The number of carbonyl (C=O) groups is 1. The number of rotatable bonds is 9. The maximum atomic E-state index is 11.1. The molecule has 0 aromatic heterocycles. The van der Waals surface area contributed by atoms with Gasteiger partial charge in [0.1, 0.15) is 0 Å². The lowest BCUT2D eigenvalue weighted by Crippen LogP contribution is -2.42. The summed E-state index contributed by atoms with van der Waals surface area (Å²) in [4.78, 5) is 11.1. The Hall–Kier alpha value is -0.260. The Morgan fingerprint density at radius 3 is 2.87 bits per heavy atom. The number of ether oxygens (including phenoxy) is 1. The second kappa shape index (κ2) is 7.09. The maximum absolute atomic E-state index is 11.1. The van der Waals surface area contributed by atoms with Crippen molar-refractivity contribution in [3.05, 3.63) is 0 Å². The van der Waals surface area contributed by atoms with Gasteiger partial charge in [0, 0.05) is 18.9 Å². The Labute approximate surface area is 95.3 Å². The molecule has 1 unspecified atom stereocenters. The molecule has 5 heteroatoms. The van der Waals surface area contributed by atoms with Gasteiger partial charge in [-0.05, 0) is 25.0 Å². The van der Waals surface area contributed by atoms with E-state index in [1.807, 2.05) is 0 Å². The largest absolute Gasteiger partial charge is 0.384 e. The van der Waals surface area contributed by atoms with Crippen molar-refractivity contribution in [2.75, 3.05) is 25.2 Å². The van der Waals surface area contributed by atoms with Gasteiger partial charge in [-0.25, -0.2) is 0 Å². The van der Waals surface area contributed by atoms with Crippen LogP contribution in [0.2, 0.25) is 0 Å². The zero-order valence-corrected chi connectivity index (χ0v) is 10.0. The number of hydrogen-bond acceptors (Lipinski definition) is 4. The summed E-state index contributed by atoms with van der Waals surface area (Å²) < 4.78 is 4.94. The van der Waals surface area contributed by atoms with Crippen LogP contribution in [0.1, 0.15) is 19.3 Å². The van der Waals surface area contributed by atoms with E-state index in [1.54, 1.807) is 18.9 Å². The molecular formula is C10H20N2O2S. The highest BCUT2D eigenvalue weighted by atomic mass is 32.2. The molecule has 0 heterocycles. The number of thioether (sulfide) groups is 1. The number of nitrogens with two attached hydrogens (primary N) is 1. The summed E-state index contributed by atoms with van der Waals surface area (Å²) in [6, 6.07) is 0.388. The monoisotopic (exact) mass is 232 g/mol. The Kier molecular flexibility index (Phi) is 6.05. The lowest BCUT2D eigenvalue weighted by Gasteiger charge is -2.14. The van der Waals surface area contributed by atoms with Crippen LogP contribution in [0.25, 0.3) is 0 Å². The van der Waals surface area contributed by atoms with Gasteiger partial charge in [-0.1, -0.05) is 0 Å². The van der Waals surface area contributed by atoms with Crippen LogP contribution in [0.5, 0.6) is 0 Å². The van der Waals surface area contributed by atoms with Crippen LogP contribution in [-0.4, -0.2) is 43.2 Å². The summed E-state index contributed by atoms with van der Waals surface area (Å²) in [5, 5.41) is 3.26. The standard InChI is InChI=1S/C10H20N2O2S/c1-14-5-7-15-6-4-9(10(11)13)12-8-2-3-8/h8-9,12H,2-7H2,1H3,(H2,11,13). The highest BCUT2D eigenvalue weighted by molar-refractivity contribution is 7.99. The van der Waals surface area contributed by atoms with E-state index in [1.165, 1.54) is 12.8 Å². The predicted octanol–water partition coefficient (Wildman–Crippen LogP) is 0.362. The molecule has 0 aromatic rings. The molecule has 0 spiro atoms. The first kappa shape index (κ1) is 12.8. The molecule has 1 fully saturated rings. The molecule has 1 amide bonds. The van der Waals surface area contributed by atoms with Crippen LogP contribution in [0.3, 0.4) is 0 Å². The number of amides is 1. The van der Waals surface area contributed by atoms with Gasteiger partial charge in [0.2, 0.25) is 5.91 Å². The molecule has 1 atom stereocenters. The zero-order valence-electron chi connectivity index (χ0n) is 9.20. The van der Waals surface area contributed by atoms with Crippen LogP contribution in [-0.2, 0) is 9.53 Å². The van der Waals surface area contributed by atoms with Crippen molar-refractivity contribution in [3.63, 3.8) is 0 Å². The fraction of sp³-hybridized carbons (Fsp3) is 0.900. The molecule has 15 heavy (non-hydrogen) atoms. The van der Waals surface area contributed by atoms with Gasteiger partial charge in [0.05, 0.1) is 12.6 Å². The second-order valence-electron chi connectivity index (χ2n) is 3.79. The van der Waals surface area contributed by atoms with Gasteiger partial charge in [-0.2, -0.15) is 11.8 Å². The molecule has 88 valence electrons. The molecule has 1 saturated carbocycles. The van der Waals surface area contributed by atoms with E-state index in [9.17, 15) is 4.79 Å². The molecule has 0 bridgehead atoms. The Morgan fingerprint density at radius 2 is 2.33 bits per heavy atom. The lowest BCUT2D eigenvalue weighted by molar-refractivity contribution is -0.120. The fourth-order valence-electron chi connectivity index (χ4n) is 1.29. The van der Waals surface area contributed by atoms with E-state index in [4.69, 9.17) is 10.5 Å². The molecule has 0 aromatic carbocycles. The summed E-state index contributed by atoms with van der Waals surface area (Å²) in [5.74, 6) is 1.71. The first-order valence-electron chi connectivity index (χ1n) is 5.36. The summed E-state index contributed by atoms with van der Waals surface area (Å²) in [7, 11) is 1.70. The van der Waals surface area contributed by atoms with Crippen LogP contribution in [0, 0.1) is 0 Å². The Morgan fingerprint density at radius 1 is 1.60 bits per heavy atom. The van der Waals surface area contributed by atoms with Crippen molar-refractivity contribution in [3.8, 4) is 0 Å². The number of methoxy groups -OCH3 is 1. The maximum Gasteiger partial charge on any atom is 0.234 e. The molecule has 4 nitrogen and oxygen atoms in total. The summed E-state index contributed by atoms with van der Waals surface area (Å²) in [6.07, 6.45) is 3.18. The first-order chi connectivity index (χ1) is 7.24. The quantitative estimate of drug-likeness (QED) is 0.564. The first-order valence-corrected chi connectivity index (χ1v) is 6.51. The number of hydrogen-bond donors (Lipinski definition) is 2. The van der Waals surface area contributed by atoms with E-state index in [0.29, 0.717) is 6.04 Å². The smallest absolute Gasteiger partial charge is 0.234 e. The second-order valence-corrected chi connectivity index (χ2v) is 5.01. The van der Waals surface area contributed by atoms with Gasteiger partial charge in [0.15, 0.2) is 0 Å². The van der Waals surface area contributed by atoms with Gasteiger partial charge < -0.3 is 15.8 Å². The molecule has 0 aliphatic heterocycles. The van der Waals surface area contributed by atoms with Crippen LogP contribution < -0.4 is 11.1 Å². The SMILES string of the molecule is COCCSCCC(NC1CC1)C(N)=O. The minimum absolute atomic E-state index is 0.146. The van der Waals surface area contributed by atoms with Crippen LogP contribution >= 0.6 is 11.8 Å². The predicted molar refractivity (Wildman–Crippen MR) is 63.0 cm³/mol. The Balaban J connectivity index is 2.05. The van der Waals surface area contributed by atoms with Crippen molar-refractivity contribution in [2.24, 2.45) is 5.73 Å². The molecule has 1 aliphatic rings. The van der Waals surface area contributed by atoms with Crippen molar-refractivity contribution >= 4 is 17.7 Å². The molecular weight excluding hydrogens is 212 g/mol. The van der Waals surface area contributed by atoms with Crippen molar-refractivity contribution in [2.45, 2.75) is 31.3 Å². The lowest BCUT2D eigenvalue weighted by atomic mass is 10.2. The zero-order chi connectivity index (χ0) is 11.1. The van der Waals surface area contributed by atoms with Crippen molar-refractivity contribution in [1.29, 1.82) is 0 Å². The summed E-state index contributed by atoms with van der Waals surface area (Å²) in [6.45, 7) is 0.766. The molecule has 0 saturated heterocycles. The van der Waals surface area contributed by atoms with Gasteiger partial charge in [0.25, 0.3) is 0 Å². The van der Waals surface area contributed by atoms with Crippen LogP contribution in [0.15, 0.2) is 0 Å². The molecule has 3 N–H and O–H groups in total. The van der Waals surface area contributed by atoms with Crippen molar-refractivity contribution in [1.82, 2.24) is 5.32 Å². The van der Waals surface area contributed by atoms with E-state index in [0.717, 1.165) is 24.5 Å². The number of carbonyl (C=O) groups excluding carboxylic acids is 1. The topological polar surface area (TPSA) is 64.3 Å². The minimum Gasteiger partial charge on any atom is -0.384 e. The number of nitrogens with one attached hydrogen (secondary N) is 1.